The molecule has 0 aliphatic heterocycles. The first-order chi connectivity index (χ1) is 9.29. The first-order valence-electron chi connectivity index (χ1n) is 5.46. The van der Waals surface area contributed by atoms with E-state index in [2.05, 4.69) is 14.8 Å². The van der Waals surface area contributed by atoms with E-state index < -0.39 is 22.0 Å². The number of aromatic nitrogens is 3. The molecule has 0 saturated carbocycles. The highest BCUT2D eigenvalue weighted by molar-refractivity contribution is 7.91. The van der Waals surface area contributed by atoms with Crippen molar-refractivity contribution in [1.29, 1.82) is 0 Å². The molecule has 0 saturated heterocycles. The lowest BCUT2D eigenvalue weighted by Crippen LogP contribution is -2.33. The lowest BCUT2D eigenvalue weighted by molar-refractivity contribution is -0.139. The summed E-state index contributed by atoms with van der Waals surface area (Å²) in [5.41, 5.74) is 0.254. The molecule has 8 nitrogen and oxygen atoms in total. The van der Waals surface area contributed by atoms with Crippen LogP contribution in [0, 0.1) is 6.92 Å². The summed E-state index contributed by atoms with van der Waals surface area (Å²) < 4.78 is 27.7. The largest absolute Gasteiger partial charge is 0.480 e. The standard InChI is InChI=1S/C10H12N4O4S2/c1-6-11-4-8(19-6)20(17,18)13-9(10(15)16)7-3-12-14(2)5-7/h3-5,9,13H,1-2H3,(H,15,16). The SMILES string of the molecule is Cc1ncc(S(=O)(=O)NC(C(=O)O)c2cnn(C)c2)s1. The van der Waals surface area contributed by atoms with Gasteiger partial charge in [0.05, 0.1) is 17.4 Å². The second kappa shape index (κ2) is 5.31. The van der Waals surface area contributed by atoms with Crippen LogP contribution in [0.4, 0.5) is 0 Å². The number of nitrogens with one attached hydrogen (secondary N) is 1. The maximum absolute atomic E-state index is 12.1. The van der Waals surface area contributed by atoms with E-state index in [4.69, 9.17) is 0 Å². The molecule has 1 atom stereocenters. The quantitative estimate of drug-likeness (QED) is 0.819. The van der Waals surface area contributed by atoms with Gasteiger partial charge in [-0.05, 0) is 6.92 Å². The molecule has 2 aromatic heterocycles. The van der Waals surface area contributed by atoms with Crippen LogP contribution in [-0.2, 0) is 21.9 Å². The van der Waals surface area contributed by atoms with E-state index in [0.29, 0.717) is 5.01 Å². The molecule has 0 aromatic carbocycles. The predicted molar refractivity (Wildman–Crippen MR) is 70.8 cm³/mol. The Bertz CT molecular complexity index is 734. The van der Waals surface area contributed by atoms with Gasteiger partial charge in [-0.25, -0.2) is 13.4 Å². The highest BCUT2D eigenvalue weighted by atomic mass is 32.2. The molecule has 2 rings (SSSR count). The molecule has 0 bridgehead atoms. The number of carboxylic acid groups (broad SMARTS) is 1. The van der Waals surface area contributed by atoms with Gasteiger partial charge < -0.3 is 5.11 Å². The maximum atomic E-state index is 12.1. The van der Waals surface area contributed by atoms with E-state index in [1.165, 1.54) is 23.3 Å². The average Bonchev–Trinajstić information content (AvgIpc) is 2.95. The third-order valence-electron chi connectivity index (χ3n) is 2.44. The van der Waals surface area contributed by atoms with Crippen LogP contribution in [-0.4, -0.2) is 34.3 Å². The lowest BCUT2D eigenvalue weighted by atomic mass is 10.2. The second-order valence-corrected chi connectivity index (χ2v) is 7.21. The van der Waals surface area contributed by atoms with Crippen LogP contribution in [0.15, 0.2) is 22.8 Å². The topological polar surface area (TPSA) is 114 Å². The number of sulfonamides is 1. The van der Waals surface area contributed by atoms with Gasteiger partial charge in [0.25, 0.3) is 10.0 Å². The van der Waals surface area contributed by atoms with Crippen molar-refractivity contribution in [3.8, 4) is 0 Å². The van der Waals surface area contributed by atoms with Gasteiger partial charge in [-0.15, -0.1) is 11.3 Å². The van der Waals surface area contributed by atoms with E-state index in [9.17, 15) is 18.3 Å². The molecule has 0 fully saturated rings. The molecular weight excluding hydrogens is 304 g/mol. The highest BCUT2D eigenvalue weighted by Crippen LogP contribution is 2.21. The monoisotopic (exact) mass is 316 g/mol. The Kier molecular flexibility index (Phi) is 3.88. The highest BCUT2D eigenvalue weighted by Gasteiger charge is 2.29. The van der Waals surface area contributed by atoms with Gasteiger partial charge >= 0.3 is 5.97 Å². The molecule has 0 aliphatic rings. The molecule has 0 spiro atoms. The summed E-state index contributed by atoms with van der Waals surface area (Å²) in [6, 6.07) is -1.39. The zero-order valence-electron chi connectivity index (χ0n) is 10.6. The fourth-order valence-corrected chi connectivity index (χ4v) is 3.83. The molecule has 108 valence electrons. The van der Waals surface area contributed by atoms with Crippen LogP contribution in [0.1, 0.15) is 16.6 Å². The van der Waals surface area contributed by atoms with E-state index in [0.717, 1.165) is 11.3 Å². The minimum Gasteiger partial charge on any atom is -0.480 e. The Morgan fingerprint density at radius 1 is 1.50 bits per heavy atom. The van der Waals surface area contributed by atoms with Gasteiger partial charge in [0.2, 0.25) is 0 Å². The Balaban J connectivity index is 2.31. The van der Waals surface area contributed by atoms with Crippen molar-refractivity contribution in [2.24, 2.45) is 7.05 Å². The van der Waals surface area contributed by atoms with Crippen molar-refractivity contribution in [3.63, 3.8) is 0 Å². The summed E-state index contributed by atoms with van der Waals surface area (Å²) in [6.07, 6.45) is 3.95. The summed E-state index contributed by atoms with van der Waals surface area (Å²) in [5, 5.41) is 13.6. The lowest BCUT2D eigenvalue weighted by Gasteiger charge is -2.11. The smallest absolute Gasteiger partial charge is 0.326 e. The molecule has 2 heterocycles. The van der Waals surface area contributed by atoms with E-state index in [-0.39, 0.29) is 9.77 Å². The number of hydrogen-bond acceptors (Lipinski definition) is 6. The first-order valence-corrected chi connectivity index (χ1v) is 7.75. The number of nitrogens with zero attached hydrogens (tertiary/aromatic N) is 3. The number of rotatable bonds is 5. The minimum absolute atomic E-state index is 0.0230. The van der Waals surface area contributed by atoms with E-state index in [1.54, 1.807) is 14.0 Å². The summed E-state index contributed by atoms with van der Waals surface area (Å²) in [4.78, 5) is 15.1. The third-order valence-corrected chi connectivity index (χ3v) is 5.24. The molecule has 2 aromatic rings. The fraction of sp³-hybridized carbons (Fsp3) is 0.300. The van der Waals surface area contributed by atoms with Crippen LogP contribution >= 0.6 is 11.3 Å². The van der Waals surface area contributed by atoms with Crippen molar-refractivity contribution in [1.82, 2.24) is 19.5 Å². The normalized spacial score (nSPS) is 13.3. The number of hydrogen-bond donors (Lipinski definition) is 2. The molecule has 10 heteroatoms. The number of carboxylic acids is 1. The molecule has 20 heavy (non-hydrogen) atoms. The van der Waals surface area contributed by atoms with Crippen molar-refractivity contribution >= 4 is 27.3 Å². The van der Waals surface area contributed by atoms with Crippen LogP contribution in [0.25, 0.3) is 0 Å². The zero-order valence-corrected chi connectivity index (χ0v) is 12.3. The second-order valence-electron chi connectivity index (χ2n) is 4.04. The van der Waals surface area contributed by atoms with Gasteiger partial charge in [0, 0.05) is 18.8 Å². The van der Waals surface area contributed by atoms with Crippen LogP contribution in [0.3, 0.4) is 0 Å². The molecular formula is C10H12N4O4S2. The summed E-state index contributed by atoms with van der Waals surface area (Å²) >= 11 is 0.973. The number of carbonyl (C=O) groups is 1. The molecule has 0 amide bonds. The summed E-state index contributed by atoms with van der Waals surface area (Å²) in [5.74, 6) is -1.30. The van der Waals surface area contributed by atoms with E-state index in [1.807, 2.05) is 0 Å². The zero-order chi connectivity index (χ0) is 14.9. The maximum Gasteiger partial charge on any atom is 0.326 e. The van der Waals surface area contributed by atoms with Crippen molar-refractivity contribution in [3.05, 3.63) is 29.2 Å². The number of thiazole rings is 1. The number of aliphatic carboxylic acids is 1. The van der Waals surface area contributed by atoms with Crippen LogP contribution in [0.2, 0.25) is 0 Å². The van der Waals surface area contributed by atoms with Crippen molar-refractivity contribution < 1.29 is 18.3 Å². The van der Waals surface area contributed by atoms with Gasteiger partial charge in [-0.3, -0.25) is 9.48 Å². The Labute approximate surface area is 119 Å². The van der Waals surface area contributed by atoms with Crippen molar-refractivity contribution in [2.45, 2.75) is 17.2 Å². The van der Waals surface area contributed by atoms with E-state index >= 15 is 0 Å². The van der Waals surface area contributed by atoms with Crippen LogP contribution < -0.4 is 4.72 Å². The van der Waals surface area contributed by atoms with Crippen molar-refractivity contribution in [2.75, 3.05) is 0 Å². The van der Waals surface area contributed by atoms with Gasteiger partial charge in [0.1, 0.15) is 6.04 Å². The molecule has 0 aliphatic carbocycles. The Morgan fingerprint density at radius 3 is 2.65 bits per heavy atom. The first kappa shape index (κ1) is 14.6. The fourth-order valence-electron chi connectivity index (χ4n) is 1.53. The molecule has 2 N–H and O–H groups in total. The van der Waals surface area contributed by atoms with Gasteiger partial charge in [0.15, 0.2) is 4.21 Å². The Hall–Kier alpha value is -1.78. The average molecular weight is 316 g/mol. The van der Waals surface area contributed by atoms with Gasteiger partial charge in [-0.2, -0.15) is 9.82 Å². The molecule has 1 unspecified atom stereocenters. The minimum atomic E-state index is -3.93. The Morgan fingerprint density at radius 2 is 2.20 bits per heavy atom. The van der Waals surface area contributed by atoms with Gasteiger partial charge in [-0.1, -0.05) is 0 Å². The summed E-state index contributed by atoms with van der Waals surface area (Å²) in [6.45, 7) is 1.67. The van der Waals surface area contributed by atoms with Crippen LogP contribution in [0.5, 0.6) is 0 Å². The third kappa shape index (κ3) is 3.03. The molecule has 0 radical (unpaired) electrons. The predicted octanol–water partition coefficient (Wildman–Crippen LogP) is 0.289. The summed E-state index contributed by atoms with van der Waals surface area (Å²) in [7, 11) is -2.32. The number of aryl methyl sites for hydroxylation is 2.